The van der Waals surface area contributed by atoms with Crippen LogP contribution in [0.25, 0.3) is 0 Å². The van der Waals surface area contributed by atoms with Gasteiger partial charge >= 0.3 is 13.1 Å². The average Bonchev–Trinajstić information content (AvgIpc) is 2.46. The van der Waals surface area contributed by atoms with Crippen LogP contribution < -0.4 is 0 Å². The normalized spacial score (nSPS) is 21.5. The Morgan fingerprint density at radius 2 is 1.62 bits per heavy atom. The predicted octanol–water partition coefficient (Wildman–Crippen LogP) is 3.45. The zero-order valence-corrected chi connectivity index (χ0v) is 15.7. The molecule has 0 atom stereocenters. The third-order valence-electron chi connectivity index (χ3n) is 4.07. The van der Waals surface area contributed by atoms with Crippen molar-refractivity contribution in [3.63, 3.8) is 0 Å². The van der Waals surface area contributed by atoms with Gasteiger partial charge in [-0.2, -0.15) is 0 Å². The molecule has 0 aromatic carbocycles. The molecule has 0 unspecified atom stereocenters. The van der Waals surface area contributed by atoms with E-state index in [1.165, 1.54) is 6.08 Å². The van der Waals surface area contributed by atoms with Crippen molar-refractivity contribution in [1.29, 1.82) is 0 Å². The molecule has 1 heterocycles. The maximum atomic E-state index is 11.8. The summed E-state index contributed by atoms with van der Waals surface area (Å²) in [6.45, 7) is 17.1. The predicted molar refractivity (Wildman–Crippen MR) is 89.0 cm³/mol. The van der Waals surface area contributed by atoms with Gasteiger partial charge in [0.2, 0.25) is 0 Å². The Labute approximate surface area is 130 Å². The molecule has 0 N–H and O–H groups in total. The first kappa shape index (κ1) is 18.5. The van der Waals surface area contributed by atoms with Gasteiger partial charge in [-0.3, -0.25) is 0 Å². The van der Waals surface area contributed by atoms with E-state index in [1.807, 2.05) is 34.6 Å². The minimum Gasteiger partial charge on any atom is -0.463 e. The van der Waals surface area contributed by atoms with Gasteiger partial charge in [-0.15, -0.1) is 0 Å². The molecule has 0 aliphatic carbocycles. The SMILES string of the molecule is C/C(=C\C(=O)OCC[Si](C)(C)C)B1OC(C)(C)C(C)(C)O1. The number of allylic oxidation sites excluding steroid dienone is 1. The second-order valence-electron chi connectivity index (χ2n) is 7.95. The zero-order chi connectivity index (χ0) is 16.5. The number of hydrogen-bond donors (Lipinski definition) is 0. The fraction of sp³-hybridized carbons (Fsp3) is 0.800. The molecule has 1 fully saturated rings. The van der Waals surface area contributed by atoms with Crippen molar-refractivity contribution in [1.82, 2.24) is 0 Å². The third kappa shape index (κ3) is 5.27. The Balaban J connectivity index is 2.56. The van der Waals surface area contributed by atoms with Gasteiger partial charge in [-0.1, -0.05) is 19.6 Å². The van der Waals surface area contributed by atoms with Gasteiger partial charge in [-0.25, -0.2) is 4.79 Å². The van der Waals surface area contributed by atoms with E-state index in [2.05, 4.69) is 19.6 Å². The van der Waals surface area contributed by atoms with E-state index in [0.29, 0.717) is 6.61 Å². The summed E-state index contributed by atoms with van der Waals surface area (Å²) >= 11 is 0. The maximum absolute atomic E-state index is 11.8. The summed E-state index contributed by atoms with van der Waals surface area (Å²) in [6, 6.07) is 0.974. The van der Waals surface area contributed by atoms with Gasteiger partial charge in [0, 0.05) is 14.1 Å². The number of carbonyl (C=O) groups is 1. The van der Waals surface area contributed by atoms with Gasteiger partial charge in [0.1, 0.15) is 0 Å². The van der Waals surface area contributed by atoms with E-state index in [9.17, 15) is 4.79 Å². The standard InChI is InChI=1S/C15H29BO4Si/c1-12(11-13(17)18-9-10-21(6,7)8)16-19-14(2,3)15(4,5)20-16/h11H,9-10H2,1-8H3/b12-11+. The van der Waals surface area contributed by atoms with Crippen LogP contribution in [0.5, 0.6) is 0 Å². The van der Waals surface area contributed by atoms with E-state index in [1.54, 1.807) is 0 Å². The van der Waals surface area contributed by atoms with Crippen LogP contribution in [0.15, 0.2) is 11.5 Å². The molecule has 1 aliphatic rings. The molecule has 0 aromatic heterocycles. The van der Waals surface area contributed by atoms with Gasteiger partial charge in [0.15, 0.2) is 0 Å². The van der Waals surface area contributed by atoms with Crippen LogP contribution in [0.3, 0.4) is 0 Å². The summed E-state index contributed by atoms with van der Waals surface area (Å²) in [5.41, 5.74) is -0.0464. The highest BCUT2D eigenvalue weighted by atomic mass is 28.3. The van der Waals surface area contributed by atoms with E-state index in [-0.39, 0.29) is 5.97 Å². The number of ether oxygens (including phenoxy) is 1. The van der Waals surface area contributed by atoms with Crippen molar-refractivity contribution in [2.45, 2.75) is 71.5 Å². The molecule has 0 saturated carbocycles. The molecular weight excluding hydrogens is 283 g/mol. The quantitative estimate of drug-likeness (QED) is 0.443. The zero-order valence-electron chi connectivity index (χ0n) is 14.7. The highest BCUT2D eigenvalue weighted by molar-refractivity contribution is 6.76. The first-order valence-corrected chi connectivity index (χ1v) is 11.3. The molecule has 0 bridgehead atoms. The van der Waals surface area contributed by atoms with Crippen molar-refractivity contribution >= 4 is 21.2 Å². The van der Waals surface area contributed by atoms with Crippen molar-refractivity contribution < 1.29 is 18.8 Å². The summed E-state index contributed by atoms with van der Waals surface area (Å²) < 4.78 is 17.0. The second-order valence-corrected chi connectivity index (χ2v) is 13.6. The molecule has 0 aromatic rings. The lowest BCUT2D eigenvalue weighted by atomic mass is 9.79. The van der Waals surface area contributed by atoms with Crippen LogP contribution in [-0.2, 0) is 18.8 Å². The summed E-state index contributed by atoms with van der Waals surface area (Å²) in [6.07, 6.45) is 1.48. The molecular formula is C15H29BO4Si. The van der Waals surface area contributed by atoms with E-state index in [0.717, 1.165) is 11.5 Å². The minimum atomic E-state index is -1.18. The topological polar surface area (TPSA) is 44.8 Å². The van der Waals surface area contributed by atoms with Gasteiger partial charge in [-0.05, 0) is 46.1 Å². The van der Waals surface area contributed by atoms with Crippen molar-refractivity contribution in [3.05, 3.63) is 11.5 Å². The Morgan fingerprint density at radius 1 is 1.14 bits per heavy atom. The molecule has 1 saturated heterocycles. The molecule has 120 valence electrons. The lowest BCUT2D eigenvalue weighted by Crippen LogP contribution is -2.41. The molecule has 1 rings (SSSR count). The van der Waals surface area contributed by atoms with Gasteiger partial charge < -0.3 is 14.0 Å². The van der Waals surface area contributed by atoms with Gasteiger partial charge in [0.05, 0.1) is 17.8 Å². The van der Waals surface area contributed by atoms with Crippen molar-refractivity contribution in [3.8, 4) is 0 Å². The Hall–Kier alpha value is -0.588. The number of hydrogen-bond acceptors (Lipinski definition) is 4. The lowest BCUT2D eigenvalue weighted by Gasteiger charge is -2.32. The Morgan fingerprint density at radius 3 is 2.05 bits per heavy atom. The van der Waals surface area contributed by atoms with Crippen LogP contribution in [0.2, 0.25) is 25.7 Å². The van der Waals surface area contributed by atoms with Crippen LogP contribution in [0.1, 0.15) is 34.6 Å². The molecule has 4 nitrogen and oxygen atoms in total. The molecule has 1 aliphatic heterocycles. The largest absolute Gasteiger partial charge is 0.490 e. The Kier molecular flexibility index (Phi) is 5.51. The van der Waals surface area contributed by atoms with E-state index >= 15 is 0 Å². The summed E-state index contributed by atoms with van der Waals surface area (Å²) in [5.74, 6) is -0.319. The maximum Gasteiger partial charge on any atom is 0.490 e. The number of carbonyl (C=O) groups excluding carboxylic acids is 1. The highest BCUT2D eigenvalue weighted by Gasteiger charge is 2.51. The van der Waals surface area contributed by atoms with Gasteiger partial charge in [0.25, 0.3) is 0 Å². The molecule has 0 amide bonds. The van der Waals surface area contributed by atoms with Crippen LogP contribution in [-0.4, -0.2) is 39.0 Å². The smallest absolute Gasteiger partial charge is 0.463 e. The van der Waals surface area contributed by atoms with Crippen LogP contribution in [0.4, 0.5) is 0 Å². The molecule has 6 heteroatoms. The van der Waals surface area contributed by atoms with E-state index < -0.39 is 26.4 Å². The first-order chi connectivity index (χ1) is 9.34. The lowest BCUT2D eigenvalue weighted by molar-refractivity contribution is -0.137. The summed E-state index contributed by atoms with van der Waals surface area (Å²) in [5, 5.41) is 0. The van der Waals surface area contributed by atoms with E-state index in [4.69, 9.17) is 14.0 Å². The molecule has 0 spiro atoms. The monoisotopic (exact) mass is 312 g/mol. The highest BCUT2D eigenvalue weighted by Crippen LogP contribution is 2.38. The number of rotatable bonds is 5. The number of esters is 1. The summed E-state index contributed by atoms with van der Waals surface area (Å²) in [4.78, 5) is 11.8. The second kappa shape index (κ2) is 6.26. The molecule has 21 heavy (non-hydrogen) atoms. The Bertz CT molecular complexity index is 408. The fourth-order valence-corrected chi connectivity index (χ4v) is 2.50. The first-order valence-electron chi connectivity index (χ1n) is 7.55. The third-order valence-corrected chi connectivity index (χ3v) is 5.77. The van der Waals surface area contributed by atoms with Crippen molar-refractivity contribution in [2.24, 2.45) is 0 Å². The van der Waals surface area contributed by atoms with Crippen LogP contribution >= 0.6 is 0 Å². The molecule has 0 radical (unpaired) electrons. The van der Waals surface area contributed by atoms with Crippen molar-refractivity contribution in [2.75, 3.05) is 6.61 Å². The fourth-order valence-electron chi connectivity index (χ4n) is 1.78. The minimum absolute atomic E-state index is 0.319. The average molecular weight is 312 g/mol. The summed E-state index contributed by atoms with van der Waals surface area (Å²) in [7, 11) is -1.66. The van der Waals surface area contributed by atoms with Crippen LogP contribution in [0, 0.1) is 0 Å².